The molecule has 104 valence electrons. The second-order valence-corrected chi connectivity index (χ2v) is 5.25. The summed E-state index contributed by atoms with van der Waals surface area (Å²) in [6, 6.07) is 23.3. The molecule has 0 aliphatic rings. The van der Waals surface area contributed by atoms with Gasteiger partial charge < -0.3 is 0 Å². The van der Waals surface area contributed by atoms with E-state index in [2.05, 4.69) is 60.4 Å². The van der Waals surface area contributed by atoms with Crippen LogP contribution in [0.15, 0.2) is 72.9 Å². The highest BCUT2D eigenvalue weighted by molar-refractivity contribution is 5.66. The van der Waals surface area contributed by atoms with E-state index in [0.29, 0.717) is 0 Å². The van der Waals surface area contributed by atoms with E-state index < -0.39 is 0 Å². The molecule has 0 unspecified atom stereocenters. The quantitative estimate of drug-likeness (QED) is 0.623. The van der Waals surface area contributed by atoms with E-state index >= 15 is 0 Å². The predicted octanol–water partition coefficient (Wildman–Crippen LogP) is 5.37. The molecule has 1 nitrogen and oxygen atoms in total. The Morgan fingerprint density at radius 3 is 2.05 bits per heavy atom. The molecule has 0 bridgehead atoms. The lowest BCUT2D eigenvalue weighted by atomic mass is 10.0. The first-order chi connectivity index (χ1) is 10.4. The monoisotopic (exact) mass is 273 g/mol. The zero-order valence-electron chi connectivity index (χ0n) is 12.3. The molecule has 0 saturated carbocycles. The first kappa shape index (κ1) is 13.6. The van der Waals surface area contributed by atoms with Gasteiger partial charge in [0.2, 0.25) is 0 Å². The summed E-state index contributed by atoms with van der Waals surface area (Å²) in [6.07, 6.45) is 4.29. The van der Waals surface area contributed by atoms with Crippen molar-refractivity contribution in [3.63, 3.8) is 0 Å². The lowest BCUT2D eigenvalue weighted by molar-refractivity contribution is 0.922. The van der Waals surface area contributed by atoms with Crippen LogP contribution in [0.1, 0.15) is 18.9 Å². The van der Waals surface area contributed by atoms with Crippen LogP contribution in [0, 0.1) is 0 Å². The van der Waals surface area contributed by atoms with Gasteiger partial charge in [-0.2, -0.15) is 0 Å². The van der Waals surface area contributed by atoms with Gasteiger partial charge in [-0.15, -0.1) is 0 Å². The van der Waals surface area contributed by atoms with Crippen molar-refractivity contribution < 1.29 is 0 Å². The molecule has 0 fully saturated rings. The molecule has 0 radical (unpaired) electrons. The molecule has 0 spiro atoms. The average molecular weight is 273 g/mol. The Kier molecular flexibility index (Phi) is 4.11. The fourth-order valence-corrected chi connectivity index (χ4v) is 2.50. The van der Waals surface area contributed by atoms with Crippen molar-refractivity contribution in [2.75, 3.05) is 0 Å². The van der Waals surface area contributed by atoms with Gasteiger partial charge in [0.1, 0.15) is 0 Å². The minimum absolute atomic E-state index is 1.02. The number of nitrogens with zero attached hydrogens (tertiary/aromatic N) is 1. The van der Waals surface area contributed by atoms with Crippen molar-refractivity contribution in [2.45, 2.75) is 19.8 Å². The Labute approximate surface area is 126 Å². The van der Waals surface area contributed by atoms with Gasteiger partial charge in [0.05, 0.1) is 5.69 Å². The molecule has 1 heterocycles. The largest absolute Gasteiger partial charge is 0.256 e. The normalized spacial score (nSPS) is 10.5. The molecule has 0 aliphatic heterocycles. The first-order valence-corrected chi connectivity index (χ1v) is 7.47. The van der Waals surface area contributed by atoms with Gasteiger partial charge in [0.25, 0.3) is 0 Å². The molecule has 3 aromatic rings. The maximum absolute atomic E-state index is 4.58. The minimum Gasteiger partial charge on any atom is -0.256 e. The Morgan fingerprint density at radius 1 is 0.714 bits per heavy atom. The number of aryl methyl sites for hydroxylation is 1. The average Bonchev–Trinajstić information content (AvgIpc) is 2.57. The van der Waals surface area contributed by atoms with Gasteiger partial charge in [0, 0.05) is 17.3 Å². The van der Waals surface area contributed by atoms with Crippen molar-refractivity contribution in [3.05, 3.63) is 78.5 Å². The van der Waals surface area contributed by atoms with Gasteiger partial charge in [-0.1, -0.05) is 74.0 Å². The van der Waals surface area contributed by atoms with E-state index in [1.54, 1.807) is 0 Å². The summed E-state index contributed by atoms with van der Waals surface area (Å²) in [6.45, 7) is 2.21. The van der Waals surface area contributed by atoms with Crippen LogP contribution in [0.2, 0.25) is 0 Å². The summed E-state index contributed by atoms with van der Waals surface area (Å²) in [5.41, 5.74) is 5.96. The Hall–Kier alpha value is -2.41. The van der Waals surface area contributed by atoms with Crippen LogP contribution in [-0.2, 0) is 6.42 Å². The van der Waals surface area contributed by atoms with Crippen molar-refractivity contribution >= 4 is 0 Å². The van der Waals surface area contributed by atoms with E-state index in [1.165, 1.54) is 17.5 Å². The molecule has 0 amide bonds. The van der Waals surface area contributed by atoms with E-state index in [-0.39, 0.29) is 0 Å². The van der Waals surface area contributed by atoms with Crippen molar-refractivity contribution in [1.82, 2.24) is 4.98 Å². The van der Waals surface area contributed by atoms with E-state index in [1.807, 2.05) is 24.4 Å². The van der Waals surface area contributed by atoms with Crippen molar-refractivity contribution in [1.29, 1.82) is 0 Å². The SMILES string of the molecule is CCCc1ccc(-c2ccc(-c3ccccc3)nc2)cc1. The third-order valence-corrected chi connectivity index (χ3v) is 3.66. The van der Waals surface area contributed by atoms with E-state index in [0.717, 1.165) is 23.2 Å². The summed E-state index contributed by atoms with van der Waals surface area (Å²) in [7, 11) is 0. The van der Waals surface area contributed by atoms with Crippen LogP contribution in [0.3, 0.4) is 0 Å². The van der Waals surface area contributed by atoms with Crippen LogP contribution in [-0.4, -0.2) is 4.98 Å². The zero-order valence-corrected chi connectivity index (χ0v) is 12.3. The topological polar surface area (TPSA) is 12.9 Å². The number of benzene rings is 2. The fourth-order valence-electron chi connectivity index (χ4n) is 2.50. The molecule has 1 aromatic heterocycles. The number of hydrogen-bond donors (Lipinski definition) is 0. The highest BCUT2D eigenvalue weighted by Gasteiger charge is 2.01. The van der Waals surface area contributed by atoms with E-state index in [9.17, 15) is 0 Å². The fraction of sp³-hybridized carbons (Fsp3) is 0.150. The first-order valence-electron chi connectivity index (χ1n) is 7.47. The lowest BCUT2D eigenvalue weighted by Crippen LogP contribution is -1.86. The summed E-state index contributed by atoms with van der Waals surface area (Å²) in [5.74, 6) is 0. The number of aromatic nitrogens is 1. The van der Waals surface area contributed by atoms with Gasteiger partial charge in [-0.25, -0.2) is 0 Å². The van der Waals surface area contributed by atoms with Crippen LogP contribution >= 0.6 is 0 Å². The maximum Gasteiger partial charge on any atom is 0.0702 e. The van der Waals surface area contributed by atoms with Gasteiger partial charge in [0.15, 0.2) is 0 Å². The summed E-state index contributed by atoms with van der Waals surface area (Å²) >= 11 is 0. The molecule has 21 heavy (non-hydrogen) atoms. The summed E-state index contributed by atoms with van der Waals surface area (Å²) in [5, 5.41) is 0. The molecule has 0 atom stereocenters. The molecule has 0 aliphatic carbocycles. The third-order valence-electron chi connectivity index (χ3n) is 3.66. The smallest absolute Gasteiger partial charge is 0.0702 e. The highest BCUT2D eigenvalue weighted by Crippen LogP contribution is 2.23. The maximum atomic E-state index is 4.58. The number of pyridine rings is 1. The zero-order chi connectivity index (χ0) is 14.5. The summed E-state index contributed by atoms with van der Waals surface area (Å²) in [4.78, 5) is 4.58. The molecule has 0 saturated heterocycles. The van der Waals surface area contributed by atoms with Crippen LogP contribution in [0.25, 0.3) is 22.4 Å². The molecular weight excluding hydrogens is 254 g/mol. The second kappa shape index (κ2) is 6.36. The Balaban J connectivity index is 1.84. The van der Waals surface area contributed by atoms with E-state index in [4.69, 9.17) is 0 Å². The van der Waals surface area contributed by atoms with Gasteiger partial charge >= 0.3 is 0 Å². The van der Waals surface area contributed by atoms with Gasteiger partial charge in [-0.05, 0) is 23.6 Å². The Morgan fingerprint density at radius 2 is 1.43 bits per heavy atom. The third kappa shape index (κ3) is 3.19. The standard InChI is InChI=1S/C20H19N/c1-2-6-16-9-11-17(12-10-16)19-13-14-20(21-15-19)18-7-4-3-5-8-18/h3-5,7-15H,2,6H2,1H3. The van der Waals surface area contributed by atoms with Crippen molar-refractivity contribution in [2.24, 2.45) is 0 Å². The molecule has 0 N–H and O–H groups in total. The second-order valence-electron chi connectivity index (χ2n) is 5.25. The highest BCUT2D eigenvalue weighted by atomic mass is 14.7. The van der Waals surface area contributed by atoms with Crippen LogP contribution in [0.4, 0.5) is 0 Å². The molecule has 3 rings (SSSR count). The molecule has 2 aromatic carbocycles. The lowest BCUT2D eigenvalue weighted by Gasteiger charge is -2.05. The number of hydrogen-bond acceptors (Lipinski definition) is 1. The van der Waals surface area contributed by atoms with Crippen LogP contribution in [0.5, 0.6) is 0 Å². The van der Waals surface area contributed by atoms with Gasteiger partial charge in [-0.3, -0.25) is 4.98 Å². The molecule has 1 heteroatoms. The van der Waals surface area contributed by atoms with Crippen LogP contribution < -0.4 is 0 Å². The minimum atomic E-state index is 1.02. The predicted molar refractivity (Wildman–Crippen MR) is 89.1 cm³/mol. The number of rotatable bonds is 4. The summed E-state index contributed by atoms with van der Waals surface area (Å²) < 4.78 is 0. The molecular formula is C20H19N. The van der Waals surface area contributed by atoms with Crippen molar-refractivity contribution in [3.8, 4) is 22.4 Å². The Bertz CT molecular complexity index is 682.